The Hall–Kier alpha value is -3.35. The lowest BCUT2D eigenvalue weighted by atomic mass is 9.94. The molecular formula is C28H39ClN4O8. The molecule has 41 heavy (non-hydrogen) atoms. The van der Waals surface area contributed by atoms with Crippen LogP contribution in [0.2, 0.25) is 5.02 Å². The summed E-state index contributed by atoms with van der Waals surface area (Å²) < 4.78 is 10.9. The first-order chi connectivity index (χ1) is 19.6. The molecule has 3 fully saturated rings. The molecule has 0 aromatic heterocycles. The first-order valence-corrected chi connectivity index (χ1v) is 14.2. The van der Waals surface area contributed by atoms with Gasteiger partial charge in [0.1, 0.15) is 11.9 Å². The second-order valence-electron chi connectivity index (χ2n) is 10.4. The van der Waals surface area contributed by atoms with Gasteiger partial charge in [-0.05, 0) is 50.5 Å². The number of carboxylic acids is 2. The van der Waals surface area contributed by atoms with Crippen LogP contribution >= 0.6 is 11.6 Å². The predicted molar refractivity (Wildman–Crippen MR) is 152 cm³/mol. The molecular weight excluding hydrogens is 556 g/mol. The summed E-state index contributed by atoms with van der Waals surface area (Å²) in [7, 11) is 1.51. The minimum atomic E-state index is -1.26. The van der Waals surface area contributed by atoms with Crippen LogP contribution in [0.15, 0.2) is 24.3 Å². The topological polar surface area (TPSA) is 172 Å². The molecule has 226 valence electrons. The molecule has 1 aromatic carbocycles. The molecule has 12 nitrogen and oxygen atoms in total. The SMILES string of the molecule is COc1cc(N)c(Cl)cc1C(=O)NC1CCN(CC2CCN(C(=O)[C@@H]3CCCO3)CC2)CC1.O=C(O)/C=C\C(=O)O. The maximum Gasteiger partial charge on any atom is 0.328 e. The van der Waals surface area contributed by atoms with Crippen LogP contribution in [0.25, 0.3) is 0 Å². The lowest BCUT2D eigenvalue weighted by Gasteiger charge is -2.38. The van der Waals surface area contributed by atoms with Crippen LogP contribution < -0.4 is 15.8 Å². The molecule has 0 radical (unpaired) electrons. The molecule has 13 heteroatoms. The highest BCUT2D eigenvalue weighted by molar-refractivity contribution is 6.33. The quantitative estimate of drug-likeness (QED) is 0.258. The summed E-state index contributed by atoms with van der Waals surface area (Å²) >= 11 is 6.11. The fourth-order valence-corrected chi connectivity index (χ4v) is 5.42. The molecule has 4 rings (SSSR count). The average Bonchev–Trinajstić information content (AvgIpc) is 3.50. The van der Waals surface area contributed by atoms with Gasteiger partial charge in [0, 0.05) is 63.6 Å². The number of nitrogens with one attached hydrogen (secondary N) is 1. The van der Waals surface area contributed by atoms with E-state index in [1.165, 1.54) is 7.11 Å². The van der Waals surface area contributed by atoms with Gasteiger partial charge >= 0.3 is 11.9 Å². The number of halogens is 1. The lowest BCUT2D eigenvalue weighted by Crippen LogP contribution is -2.48. The van der Waals surface area contributed by atoms with E-state index in [-0.39, 0.29) is 24.0 Å². The molecule has 0 bridgehead atoms. The molecule has 3 aliphatic rings. The summed E-state index contributed by atoms with van der Waals surface area (Å²) in [6.45, 7) is 5.36. The van der Waals surface area contributed by atoms with Gasteiger partial charge in [0.15, 0.2) is 0 Å². The number of methoxy groups -OCH3 is 1. The van der Waals surface area contributed by atoms with E-state index in [2.05, 4.69) is 10.2 Å². The van der Waals surface area contributed by atoms with Gasteiger partial charge in [0.25, 0.3) is 11.8 Å². The number of carbonyl (C=O) groups is 4. The van der Waals surface area contributed by atoms with Crippen molar-refractivity contribution in [2.24, 2.45) is 5.92 Å². The maximum atomic E-state index is 12.8. The number of carbonyl (C=O) groups excluding carboxylic acids is 2. The molecule has 3 saturated heterocycles. The van der Waals surface area contributed by atoms with E-state index < -0.39 is 11.9 Å². The predicted octanol–water partition coefficient (Wildman–Crippen LogP) is 2.25. The van der Waals surface area contributed by atoms with Crippen molar-refractivity contribution in [2.45, 2.75) is 50.7 Å². The highest BCUT2D eigenvalue weighted by Crippen LogP contribution is 2.29. The Morgan fingerprint density at radius 2 is 1.68 bits per heavy atom. The van der Waals surface area contributed by atoms with E-state index in [4.69, 9.17) is 37.0 Å². The van der Waals surface area contributed by atoms with E-state index in [0.29, 0.717) is 46.7 Å². The summed E-state index contributed by atoms with van der Waals surface area (Å²) in [5.41, 5.74) is 6.61. The number of nitrogen functional groups attached to an aromatic ring is 1. The summed E-state index contributed by atoms with van der Waals surface area (Å²) in [6.07, 6.45) is 6.68. The number of hydrogen-bond donors (Lipinski definition) is 4. The first-order valence-electron chi connectivity index (χ1n) is 13.8. The number of amides is 2. The molecule has 0 spiro atoms. The Morgan fingerprint density at radius 3 is 2.22 bits per heavy atom. The van der Waals surface area contributed by atoms with Crippen molar-refractivity contribution in [2.75, 3.05) is 52.2 Å². The number of likely N-dealkylation sites (tertiary alicyclic amines) is 2. The van der Waals surface area contributed by atoms with Gasteiger partial charge in [0.05, 0.1) is 23.4 Å². The van der Waals surface area contributed by atoms with Crippen molar-refractivity contribution in [3.05, 3.63) is 34.9 Å². The van der Waals surface area contributed by atoms with Crippen molar-refractivity contribution in [1.29, 1.82) is 0 Å². The summed E-state index contributed by atoms with van der Waals surface area (Å²) in [5, 5.41) is 19.1. The standard InChI is InChI=1S/C24H35ClN4O4.C4H4O4/c1-32-22-14-20(26)19(25)13-18(22)23(30)27-17-6-8-28(9-7-17)15-16-4-10-29(11-5-16)24(31)21-3-2-12-33-21;5-3(6)1-2-4(7)8/h13-14,16-17,21H,2-12,15,26H2,1H3,(H,27,30);1-2H,(H,5,6)(H,7,8)/b;2-1-/t21-;/m0./s1. The van der Waals surface area contributed by atoms with Crippen LogP contribution in [0.3, 0.4) is 0 Å². The molecule has 5 N–H and O–H groups in total. The fraction of sp³-hybridized carbons (Fsp3) is 0.571. The van der Waals surface area contributed by atoms with Gasteiger partial charge in [-0.15, -0.1) is 0 Å². The van der Waals surface area contributed by atoms with Crippen LogP contribution in [0.5, 0.6) is 5.75 Å². The molecule has 0 unspecified atom stereocenters. The smallest absolute Gasteiger partial charge is 0.328 e. The number of benzene rings is 1. The molecule has 3 aliphatic heterocycles. The fourth-order valence-electron chi connectivity index (χ4n) is 5.26. The van der Waals surface area contributed by atoms with Gasteiger partial charge in [0.2, 0.25) is 0 Å². The van der Waals surface area contributed by atoms with E-state index in [0.717, 1.165) is 71.2 Å². The second kappa shape index (κ2) is 15.6. The highest BCUT2D eigenvalue weighted by atomic mass is 35.5. The number of carboxylic acid groups (broad SMARTS) is 2. The normalized spacial score (nSPS) is 20.3. The maximum absolute atomic E-state index is 12.8. The number of piperidine rings is 2. The Kier molecular flexibility index (Phi) is 12.2. The van der Waals surface area contributed by atoms with E-state index >= 15 is 0 Å². The van der Waals surface area contributed by atoms with Crippen molar-refractivity contribution < 1.29 is 38.9 Å². The zero-order valence-corrected chi connectivity index (χ0v) is 24.0. The minimum absolute atomic E-state index is 0.126. The van der Waals surface area contributed by atoms with Crippen molar-refractivity contribution in [3.8, 4) is 5.75 Å². The minimum Gasteiger partial charge on any atom is -0.496 e. The lowest BCUT2D eigenvalue weighted by molar-refractivity contribution is -0.142. The van der Waals surface area contributed by atoms with Gasteiger partial charge in [-0.25, -0.2) is 9.59 Å². The molecule has 1 atom stereocenters. The third-order valence-electron chi connectivity index (χ3n) is 7.50. The molecule has 2 amide bonds. The number of rotatable bonds is 8. The molecule has 1 aromatic rings. The average molecular weight is 595 g/mol. The van der Waals surface area contributed by atoms with Gasteiger partial charge in [-0.3, -0.25) is 9.59 Å². The summed E-state index contributed by atoms with van der Waals surface area (Å²) in [5.74, 6) is -1.47. The molecule has 3 heterocycles. The van der Waals surface area contributed by atoms with E-state index in [9.17, 15) is 19.2 Å². The summed E-state index contributed by atoms with van der Waals surface area (Å²) in [4.78, 5) is 48.9. The third kappa shape index (κ3) is 9.91. The van der Waals surface area contributed by atoms with Crippen LogP contribution in [0.4, 0.5) is 5.69 Å². The van der Waals surface area contributed by atoms with Gasteiger partial charge in [-0.2, -0.15) is 0 Å². The zero-order chi connectivity index (χ0) is 29.9. The zero-order valence-electron chi connectivity index (χ0n) is 23.2. The first kappa shape index (κ1) is 32.2. The largest absolute Gasteiger partial charge is 0.496 e. The Balaban J connectivity index is 0.000000507. The Morgan fingerprint density at radius 1 is 1.05 bits per heavy atom. The van der Waals surface area contributed by atoms with E-state index in [1.807, 2.05) is 4.90 Å². The van der Waals surface area contributed by atoms with Gasteiger partial charge < -0.3 is 40.5 Å². The number of hydrogen-bond acceptors (Lipinski definition) is 8. The Bertz CT molecular complexity index is 1090. The van der Waals surface area contributed by atoms with Crippen LogP contribution in [-0.2, 0) is 19.1 Å². The van der Waals surface area contributed by atoms with Crippen LogP contribution in [0, 0.1) is 5.92 Å². The van der Waals surface area contributed by atoms with Gasteiger partial charge in [-0.1, -0.05) is 11.6 Å². The summed E-state index contributed by atoms with van der Waals surface area (Å²) in [6, 6.07) is 3.27. The van der Waals surface area contributed by atoms with Crippen LogP contribution in [0.1, 0.15) is 48.9 Å². The van der Waals surface area contributed by atoms with Crippen molar-refractivity contribution >= 4 is 41.0 Å². The van der Waals surface area contributed by atoms with Crippen LogP contribution in [-0.4, -0.2) is 102 Å². The Labute approximate surface area is 244 Å². The highest BCUT2D eigenvalue weighted by Gasteiger charge is 2.32. The number of ether oxygens (including phenoxy) is 2. The second-order valence-corrected chi connectivity index (χ2v) is 10.8. The number of nitrogens with two attached hydrogens (primary N) is 1. The number of anilines is 1. The molecule has 0 saturated carbocycles. The third-order valence-corrected chi connectivity index (χ3v) is 7.83. The number of nitrogens with zero attached hydrogens (tertiary/aromatic N) is 2. The number of aliphatic carboxylic acids is 2. The molecule has 0 aliphatic carbocycles. The van der Waals surface area contributed by atoms with E-state index in [1.54, 1.807) is 12.1 Å². The van der Waals surface area contributed by atoms with Crippen molar-refractivity contribution in [3.63, 3.8) is 0 Å². The monoisotopic (exact) mass is 594 g/mol. The van der Waals surface area contributed by atoms with Crippen molar-refractivity contribution in [1.82, 2.24) is 15.1 Å².